The van der Waals surface area contributed by atoms with Crippen molar-refractivity contribution in [2.75, 3.05) is 33.3 Å². The molecule has 1 aliphatic heterocycles. The van der Waals surface area contributed by atoms with Crippen LogP contribution in [0.25, 0.3) is 0 Å². The van der Waals surface area contributed by atoms with Crippen LogP contribution in [0, 0.1) is 11.3 Å². The molecule has 0 radical (unpaired) electrons. The van der Waals surface area contributed by atoms with E-state index in [1.807, 2.05) is 18.0 Å². The molecular weight excluding hydrogens is 388 g/mol. The molecule has 6 heteroatoms. The van der Waals surface area contributed by atoms with Gasteiger partial charge in [-0.2, -0.15) is 0 Å². The molecule has 2 aliphatic carbocycles. The van der Waals surface area contributed by atoms with Gasteiger partial charge in [-0.15, -0.1) is 0 Å². The van der Waals surface area contributed by atoms with E-state index >= 15 is 0 Å². The highest BCUT2D eigenvalue weighted by molar-refractivity contribution is 5.81. The van der Waals surface area contributed by atoms with Gasteiger partial charge >= 0.3 is 0 Å². The van der Waals surface area contributed by atoms with Crippen molar-refractivity contribution < 1.29 is 9.53 Å². The maximum absolute atomic E-state index is 12.5. The minimum atomic E-state index is 0.272. The SMILES string of the molecule is CCOC1CC(NC(=NC)NCC2CC(=O)N(CCc3ccccc3)C2)C12CCCC2. The number of carbonyl (C=O) groups is 1. The Morgan fingerprint density at radius 2 is 2.03 bits per heavy atom. The number of nitrogens with zero attached hydrogens (tertiary/aromatic N) is 2. The predicted molar refractivity (Wildman–Crippen MR) is 124 cm³/mol. The molecule has 3 aliphatic rings. The van der Waals surface area contributed by atoms with Gasteiger partial charge in [0.1, 0.15) is 0 Å². The lowest BCUT2D eigenvalue weighted by Gasteiger charge is -2.54. The van der Waals surface area contributed by atoms with E-state index in [2.05, 4.69) is 46.8 Å². The summed E-state index contributed by atoms with van der Waals surface area (Å²) in [5.41, 5.74) is 1.57. The van der Waals surface area contributed by atoms with Crippen molar-refractivity contribution >= 4 is 11.9 Å². The first-order valence-electron chi connectivity index (χ1n) is 12.0. The lowest BCUT2D eigenvalue weighted by molar-refractivity contribution is -0.127. The second kappa shape index (κ2) is 10.0. The summed E-state index contributed by atoms with van der Waals surface area (Å²) in [7, 11) is 1.83. The fraction of sp³-hybridized carbons (Fsp3) is 0.680. The van der Waals surface area contributed by atoms with Gasteiger partial charge in [0.2, 0.25) is 5.91 Å². The van der Waals surface area contributed by atoms with Crippen LogP contribution in [0.4, 0.5) is 0 Å². The number of hydrogen-bond donors (Lipinski definition) is 2. The maximum Gasteiger partial charge on any atom is 0.223 e. The van der Waals surface area contributed by atoms with E-state index in [9.17, 15) is 4.79 Å². The third kappa shape index (κ3) is 4.89. The molecule has 31 heavy (non-hydrogen) atoms. The summed E-state index contributed by atoms with van der Waals surface area (Å²) in [6, 6.07) is 10.8. The van der Waals surface area contributed by atoms with Gasteiger partial charge in [-0.05, 0) is 38.2 Å². The van der Waals surface area contributed by atoms with Crippen LogP contribution >= 0.6 is 0 Å². The van der Waals surface area contributed by atoms with E-state index < -0.39 is 0 Å². The van der Waals surface area contributed by atoms with E-state index in [4.69, 9.17) is 4.74 Å². The van der Waals surface area contributed by atoms with Gasteiger partial charge in [0.15, 0.2) is 5.96 Å². The first-order chi connectivity index (χ1) is 15.1. The van der Waals surface area contributed by atoms with Gasteiger partial charge in [0.25, 0.3) is 0 Å². The van der Waals surface area contributed by atoms with E-state index in [1.165, 1.54) is 31.2 Å². The number of nitrogens with one attached hydrogen (secondary N) is 2. The van der Waals surface area contributed by atoms with E-state index in [1.54, 1.807) is 0 Å². The predicted octanol–water partition coefficient (Wildman–Crippen LogP) is 2.98. The molecule has 1 amide bonds. The van der Waals surface area contributed by atoms with Crippen LogP contribution in [0.1, 0.15) is 51.0 Å². The fourth-order valence-corrected chi connectivity index (χ4v) is 5.81. The van der Waals surface area contributed by atoms with Crippen molar-refractivity contribution in [2.45, 2.75) is 64.0 Å². The largest absolute Gasteiger partial charge is 0.378 e. The van der Waals surface area contributed by atoms with Crippen LogP contribution in [0.15, 0.2) is 35.3 Å². The third-order valence-corrected chi connectivity index (χ3v) is 7.59. The summed E-state index contributed by atoms with van der Waals surface area (Å²) < 4.78 is 6.04. The van der Waals surface area contributed by atoms with E-state index in [0.717, 1.165) is 45.0 Å². The van der Waals surface area contributed by atoms with Gasteiger partial charge in [-0.3, -0.25) is 9.79 Å². The molecule has 3 atom stereocenters. The zero-order valence-electron chi connectivity index (χ0n) is 19.1. The number of hydrogen-bond acceptors (Lipinski definition) is 3. The smallest absolute Gasteiger partial charge is 0.223 e. The second-order valence-corrected chi connectivity index (χ2v) is 9.42. The summed E-state index contributed by atoms with van der Waals surface area (Å²) in [4.78, 5) is 18.9. The molecule has 170 valence electrons. The molecule has 1 aromatic rings. The molecule has 3 fully saturated rings. The van der Waals surface area contributed by atoms with Crippen molar-refractivity contribution in [1.82, 2.24) is 15.5 Å². The molecule has 4 rings (SSSR count). The Kier molecular flexibility index (Phi) is 7.16. The summed E-state index contributed by atoms with van der Waals surface area (Å²) in [6.45, 7) is 5.30. The molecule has 0 aromatic heterocycles. The molecular formula is C25H38N4O2. The van der Waals surface area contributed by atoms with Gasteiger partial charge in [-0.25, -0.2) is 0 Å². The Morgan fingerprint density at radius 3 is 2.74 bits per heavy atom. The molecule has 1 heterocycles. The standard InChI is InChI=1S/C25H38N4O2/c1-3-31-22-16-21(25(22)12-7-8-13-25)28-24(26-2)27-17-20-15-23(30)29(18-20)14-11-19-9-5-4-6-10-19/h4-6,9-10,20-22H,3,7-8,11-18H2,1-2H3,(H2,26,27,28). The number of aliphatic imine (C=N–C) groups is 1. The minimum Gasteiger partial charge on any atom is -0.378 e. The first kappa shape index (κ1) is 22.1. The Morgan fingerprint density at radius 1 is 1.26 bits per heavy atom. The number of likely N-dealkylation sites (tertiary alicyclic amines) is 1. The molecule has 2 saturated carbocycles. The highest BCUT2D eigenvalue weighted by Crippen LogP contribution is 2.54. The van der Waals surface area contributed by atoms with Crippen LogP contribution in [-0.4, -0.2) is 62.2 Å². The van der Waals surface area contributed by atoms with Crippen molar-refractivity contribution in [2.24, 2.45) is 16.3 Å². The van der Waals surface area contributed by atoms with Crippen LogP contribution < -0.4 is 10.6 Å². The van der Waals surface area contributed by atoms with Gasteiger partial charge < -0.3 is 20.3 Å². The Labute approximate surface area is 186 Å². The van der Waals surface area contributed by atoms with Crippen molar-refractivity contribution in [3.8, 4) is 0 Å². The van der Waals surface area contributed by atoms with Gasteiger partial charge in [0.05, 0.1) is 6.10 Å². The normalized spacial score (nSPS) is 27.5. The molecule has 1 saturated heterocycles. The van der Waals surface area contributed by atoms with Gasteiger partial charge in [0, 0.05) is 57.1 Å². The second-order valence-electron chi connectivity index (χ2n) is 9.42. The highest BCUT2D eigenvalue weighted by Gasteiger charge is 2.57. The number of guanidine groups is 1. The number of ether oxygens (including phenoxy) is 1. The summed E-state index contributed by atoms with van der Waals surface area (Å²) in [6.07, 6.45) is 8.09. The molecule has 3 unspecified atom stereocenters. The minimum absolute atomic E-state index is 0.272. The third-order valence-electron chi connectivity index (χ3n) is 7.59. The molecule has 6 nitrogen and oxygen atoms in total. The number of amides is 1. The number of carbonyl (C=O) groups excluding carboxylic acids is 1. The molecule has 1 aromatic carbocycles. The molecule has 0 bridgehead atoms. The zero-order chi connectivity index (χ0) is 21.7. The van der Waals surface area contributed by atoms with Crippen LogP contribution in [0.2, 0.25) is 0 Å². The average molecular weight is 427 g/mol. The monoisotopic (exact) mass is 426 g/mol. The van der Waals surface area contributed by atoms with Crippen LogP contribution in [0.3, 0.4) is 0 Å². The quantitative estimate of drug-likeness (QED) is 0.495. The van der Waals surface area contributed by atoms with Crippen molar-refractivity contribution in [1.29, 1.82) is 0 Å². The van der Waals surface area contributed by atoms with Crippen molar-refractivity contribution in [3.63, 3.8) is 0 Å². The Balaban J connectivity index is 1.23. The van der Waals surface area contributed by atoms with Crippen molar-refractivity contribution in [3.05, 3.63) is 35.9 Å². The van der Waals surface area contributed by atoms with Gasteiger partial charge in [-0.1, -0.05) is 43.2 Å². The Hall–Kier alpha value is -2.08. The highest BCUT2D eigenvalue weighted by atomic mass is 16.5. The molecule has 1 spiro atoms. The van der Waals surface area contributed by atoms with Crippen LogP contribution in [0.5, 0.6) is 0 Å². The lowest BCUT2D eigenvalue weighted by atomic mass is 9.60. The molecule has 2 N–H and O–H groups in total. The Bertz CT molecular complexity index is 760. The number of rotatable bonds is 8. The lowest BCUT2D eigenvalue weighted by Crippen LogP contribution is -2.65. The zero-order valence-corrected chi connectivity index (χ0v) is 19.1. The first-order valence-corrected chi connectivity index (χ1v) is 12.0. The topological polar surface area (TPSA) is 66.0 Å². The summed E-state index contributed by atoms with van der Waals surface area (Å²) in [5.74, 6) is 1.47. The van der Waals surface area contributed by atoms with E-state index in [0.29, 0.717) is 24.5 Å². The fourth-order valence-electron chi connectivity index (χ4n) is 5.81. The number of benzene rings is 1. The van der Waals surface area contributed by atoms with Crippen LogP contribution in [-0.2, 0) is 16.0 Å². The van der Waals surface area contributed by atoms with E-state index in [-0.39, 0.29) is 11.3 Å². The average Bonchev–Trinajstić information content (AvgIpc) is 3.43. The summed E-state index contributed by atoms with van der Waals surface area (Å²) in [5, 5.41) is 7.18. The summed E-state index contributed by atoms with van der Waals surface area (Å²) >= 11 is 0. The maximum atomic E-state index is 12.5.